The first-order valence-corrected chi connectivity index (χ1v) is 7.46. The van der Waals surface area contributed by atoms with Crippen LogP contribution in [-0.2, 0) is 23.2 Å². The van der Waals surface area contributed by atoms with Gasteiger partial charge in [0.2, 0.25) is 0 Å². The van der Waals surface area contributed by atoms with Crippen molar-refractivity contribution in [1.29, 1.82) is 0 Å². The zero-order chi connectivity index (χ0) is 17.9. The molecule has 0 saturated carbocycles. The number of hydrogen-bond donors (Lipinski definition) is 0. The molecule has 0 N–H and O–H groups in total. The maximum Gasteiger partial charge on any atom is 0.331 e. The highest BCUT2D eigenvalue weighted by Crippen LogP contribution is 2.22. The molecule has 0 fully saturated rings. The average molecular weight is 350 g/mol. The number of halogens is 1. The summed E-state index contributed by atoms with van der Waals surface area (Å²) < 4.78 is 6.64. The fraction of sp³-hybridized carbons (Fsp3) is 0.250. The number of rotatable bonds is 5. The topological polar surface area (TPSA) is 87.3 Å². The van der Waals surface area contributed by atoms with Crippen LogP contribution in [0.15, 0.2) is 24.3 Å². The lowest BCUT2D eigenvalue weighted by molar-refractivity contribution is -0.385. The molecule has 0 aliphatic heterocycles. The molecule has 0 aliphatic rings. The number of benzene rings is 1. The van der Waals surface area contributed by atoms with Gasteiger partial charge in [-0.15, -0.1) is 0 Å². The molecule has 24 heavy (non-hydrogen) atoms. The van der Waals surface area contributed by atoms with Gasteiger partial charge in [-0.2, -0.15) is 5.10 Å². The summed E-state index contributed by atoms with van der Waals surface area (Å²) in [6, 6.07) is 4.65. The minimum Gasteiger partial charge on any atom is -0.458 e. The van der Waals surface area contributed by atoms with Gasteiger partial charge in [0.05, 0.1) is 10.6 Å². The van der Waals surface area contributed by atoms with E-state index in [1.807, 2.05) is 0 Å². The van der Waals surface area contributed by atoms with Crippen LogP contribution in [0.2, 0.25) is 5.15 Å². The summed E-state index contributed by atoms with van der Waals surface area (Å²) in [4.78, 5) is 22.3. The number of aromatic nitrogens is 2. The van der Waals surface area contributed by atoms with Crippen molar-refractivity contribution in [3.8, 4) is 0 Å². The molecule has 7 nitrogen and oxygen atoms in total. The molecule has 0 unspecified atom stereocenters. The van der Waals surface area contributed by atoms with Gasteiger partial charge in [0, 0.05) is 30.3 Å². The zero-order valence-corrected chi connectivity index (χ0v) is 14.2. The Morgan fingerprint density at radius 3 is 2.75 bits per heavy atom. The normalized spacial score (nSPS) is 11.0. The van der Waals surface area contributed by atoms with Crippen LogP contribution in [0.4, 0.5) is 5.69 Å². The van der Waals surface area contributed by atoms with Crippen LogP contribution >= 0.6 is 11.6 Å². The van der Waals surface area contributed by atoms with Crippen LogP contribution in [-0.4, -0.2) is 20.7 Å². The van der Waals surface area contributed by atoms with Gasteiger partial charge in [-0.25, -0.2) is 4.79 Å². The molecule has 0 saturated heterocycles. The Labute approximate surface area is 143 Å². The number of carbonyl (C=O) groups is 1. The molecule has 8 heteroatoms. The van der Waals surface area contributed by atoms with Gasteiger partial charge < -0.3 is 4.74 Å². The van der Waals surface area contributed by atoms with E-state index in [1.165, 1.54) is 22.9 Å². The molecule has 0 aliphatic carbocycles. The molecule has 0 amide bonds. The Balaban J connectivity index is 2.05. The minimum atomic E-state index is -0.569. The van der Waals surface area contributed by atoms with E-state index in [0.717, 1.165) is 0 Å². The number of nitro benzene ring substituents is 1. The summed E-state index contributed by atoms with van der Waals surface area (Å²) in [5.74, 6) is -0.569. The van der Waals surface area contributed by atoms with E-state index >= 15 is 0 Å². The van der Waals surface area contributed by atoms with Gasteiger partial charge in [-0.05, 0) is 25.5 Å². The molecule has 2 aromatic rings. The first kappa shape index (κ1) is 17.7. The second-order valence-electron chi connectivity index (χ2n) is 5.17. The van der Waals surface area contributed by atoms with Gasteiger partial charge in [0.1, 0.15) is 11.8 Å². The van der Waals surface area contributed by atoms with Crippen molar-refractivity contribution in [2.75, 3.05) is 0 Å². The molecular weight excluding hydrogens is 334 g/mol. The van der Waals surface area contributed by atoms with Gasteiger partial charge in [0.25, 0.3) is 5.69 Å². The Bertz CT molecular complexity index is 827. The van der Waals surface area contributed by atoms with E-state index in [2.05, 4.69) is 5.10 Å². The van der Waals surface area contributed by atoms with Crippen molar-refractivity contribution >= 4 is 29.3 Å². The number of hydrogen-bond acceptors (Lipinski definition) is 5. The van der Waals surface area contributed by atoms with E-state index in [4.69, 9.17) is 16.3 Å². The van der Waals surface area contributed by atoms with Crippen molar-refractivity contribution in [1.82, 2.24) is 9.78 Å². The summed E-state index contributed by atoms with van der Waals surface area (Å²) in [7, 11) is 1.70. The summed E-state index contributed by atoms with van der Waals surface area (Å²) in [5, 5.41) is 15.5. The Hall–Kier alpha value is -2.67. The molecule has 0 radical (unpaired) electrons. The molecule has 0 spiro atoms. The number of aryl methyl sites for hydroxylation is 2. The lowest BCUT2D eigenvalue weighted by Crippen LogP contribution is -2.03. The fourth-order valence-electron chi connectivity index (χ4n) is 2.21. The van der Waals surface area contributed by atoms with Crippen molar-refractivity contribution in [2.45, 2.75) is 20.5 Å². The summed E-state index contributed by atoms with van der Waals surface area (Å²) in [6.45, 7) is 3.36. The highest BCUT2D eigenvalue weighted by atomic mass is 35.5. The third kappa shape index (κ3) is 3.80. The third-order valence-electron chi connectivity index (χ3n) is 3.57. The average Bonchev–Trinajstić information content (AvgIpc) is 2.76. The number of carbonyl (C=O) groups excluding carboxylic acids is 1. The zero-order valence-electron chi connectivity index (χ0n) is 13.4. The van der Waals surface area contributed by atoms with E-state index in [0.29, 0.717) is 27.5 Å². The summed E-state index contributed by atoms with van der Waals surface area (Å²) in [6.07, 6.45) is 2.79. The van der Waals surface area contributed by atoms with Crippen molar-refractivity contribution < 1.29 is 14.5 Å². The van der Waals surface area contributed by atoms with E-state index in [9.17, 15) is 14.9 Å². The van der Waals surface area contributed by atoms with Crippen LogP contribution in [0.1, 0.15) is 22.4 Å². The quantitative estimate of drug-likeness (QED) is 0.357. The molecule has 0 bridgehead atoms. The van der Waals surface area contributed by atoms with Gasteiger partial charge >= 0.3 is 5.97 Å². The Morgan fingerprint density at radius 1 is 1.46 bits per heavy atom. The first-order valence-electron chi connectivity index (χ1n) is 7.08. The third-order valence-corrected chi connectivity index (χ3v) is 4.01. The van der Waals surface area contributed by atoms with Crippen LogP contribution < -0.4 is 0 Å². The molecular formula is C16H16ClN3O4. The lowest BCUT2D eigenvalue weighted by Gasteiger charge is -2.06. The minimum absolute atomic E-state index is 0.00291. The maximum atomic E-state index is 11.8. The SMILES string of the molecule is Cc1nn(C)c(Cl)c1/C=C/C(=O)OCc1cccc([N+](=O)[O-])c1C. The maximum absolute atomic E-state index is 11.8. The summed E-state index contributed by atoms with van der Waals surface area (Å²) >= 11 is 6.07. The second-order valence-corrected chi connectivity index (χ2v) is 5.53. The Morgan fingerprint density at radius 2 is 2.17 bits per heavy atom. The highest BCUT2D eigenvalue weighted by molar-refractivity contribution is 6.31. The van der Waals surface area contributed by atoms with E-state index in [-0.39, 0.29) is 12.3 Å². The summed E-state index contributed by atoms with van der Waals surface area (Å²) in [5.41, 5.74) is 2.40. The van der Waals surface area contributed by atoms with Crippen molar-refractivity contribution in [2.24, 2.45) is 7.05 Å². The standard InChI is InChI=1S/C16H16ClN3O4/c1-10-12(5-4-6-14(10)20(22)23)9-24-15(21)8-7-13-11(2)18-19(3)16(13)17/h4-8H,9H2,1-3H3/b8-7+. The molecule has 0 atom stereocenters. The molecule has 2 rings (SSSR count). The van der Waals surface area contributed by atoms with Gasteiger partial charge in [-0.3, -0.25) is 14.8 Å². The van der Waals surface area contributed by atoms with Crippen LogP contribution in [0.3, 0.4) is 0 Å². The molecule has 1 aromatic carbocycles. The van der Waals surface area contributed by atoms with Crippen LogP contribution in [0, 0.1) is 24.0 Å². The van der Waals surface area contributed by atoms with E-state index in [1.54, 1.807) is 33.0 Å². The van der Waals surface area contributed by atoms with Crippen molar-refractivity contribution in [3.05, 3.63) is 61.9 Å². The molecule has 126 valence electrons. The first-order chi connectivity index (χ1) is 11.3. The van der Waals surface area contributed by atoms with Crippen LogP contribution in [0.5, 0.6) is 0 Å². The lowest BCUT2D eigenvalue weighted by atomic mass is 10.1. The predicted molar refractivity (Wildman–Crippen MR) is 89.6 cm³/mol. The van der Waals surface area contributed by atoms with Gasteiger partial charge in [0.15, 0.2) is 0 Å². The second kappa shape index (κ2) is 7.27. The predicted octanol–water partition coefficient (Wildman–Crippen LogP) is 3.36. The molecule has 1 heterocycles. The number of esters is 1. The largest absolute Gasteiger partial charge is 0.458 e. The number of ether oxygens (including phenoxy) is 1. The van der Waals surface area contributed by atoms with E-state index < -0.39 is 10.9 Å². The van der Waals surface area contributed by atoms with Gasteiger partial charge in [-0.1, -0.05) is 23.7 Å². The smallest absolute Gasteiger partial charge is 0.331 e. The Kier molecular flexibility index (Phi) is 5.35. The number of nitrogens with zero attached hydrogens (tertiary/aromatic N) is 3. The number of nitro groups is 1. The van der Waals surface area contributed by atoms with Crippen molar-refractivity contribution in [3.63, 3.8) is 0 Å². The van der Waals surface area contributed by atoms with Crippen LogP contribution in [0.25, 0.3) is 6.08 Å². The molecule has 1 aromatic heterocycles. The monoisotopic (exact) mass is 349 g/mol. The fourth-order valence-corrected chi connectivity index (χ4v) is 2.45. The highest BCUT2D eigenvalue weighted by Gasteiger charge is 2.14.